The topological polar surface area (TPSA) is 41.4 Å². The van der Waals surface area contributed by atoms with Crippen molar-refractivity contribution >= 4 is 21.6 Å². The zero-order valence-corrected chi connectivity index (χ0v) is 15.2. The molecule has 1 aromatic heterocycles. The number of nitrogens with zero attached hydrogens (tertiary/aromatic N) is 4. The van der Waals surface area contributed by atoms with E-state index in [1.54, 1.807) is 13.2 Å². The van der Waals surface area contributed by atoms with Gasteiger partial charge in [0.2, 0.25) is 0 Å². The maximum atomic E-state index is 13.0. The van der Waals surface area contributed by atoms with Crippen LogP contribution in [0, 0.1) is 5.82 Å². The summed E-state index contributed by atoms with van der Waals surface area (Å²) in [5.41, 5.74) is 1.84. The Labute approximate surface area is 148 Å². The first-order valence-corrected chi connectivity index (χ1v) is 8.77. The Balaban J connectivity index is 1.68. The molecule has 1 fully saturated rings. The second-order valence-electron chi connectivity index (χ2n) is 6.02. The van der Waals surface area contributed by atoms with Crippen molar-refractivity contribution in [3.63, 3.8) is 0 Å². The Morgan fingerprint density at radius 2 is 1.92 bits per heavy atom. The van der Waals surface area contributed by atoms with E-state index in [-0.39, 0.29) is 11.4 Å². The van der Waals surface area contributed by atoms with Crippen LogP contribution in [-0.2, 0) is 13.6 Å². The molecule has 7 heteroatoms. The van der Waals surface area contributed by atoms with E-state index < -0.39 is 0 Å². The molecule has 3 rings (SSSR count). The van der Waals surface area contributed by atoms with Crippen LogP contribution in [0.5, 0.6) is 0 Å². The Kier molecular flexibility index (Phi) is 5.30. The molecule has 2 heterocycles. The number of halogens is 2. The Morgan fingerprint density at radius 3 is 2.67 bits per heavy atom. The summed E-state index contributed by atoms with van der Waals surface area (Å²) >= 11 is 3.40. The molecular formula is C17H20BrFN4O. The number of aromatic nitrogens is 2. The summed E-state index contributed by atoms with van der Waals surface area (Å²) in [5, 5.41) is 4.12. The lowest BCUT2D eigenvalue weighted by Crippen LogP contribution is -2.32. The zero-order chi connectivity index (χ0) is 17.1. The lowest BCUT2D eigenvalue weighted by molar-refractivity contribution is 0.285. The van der Waals surface area contributed by atoms with Crippen molar-refractivity contribution < 1.29 is 4.39 Å². The molecule has 1 aromatic carbocycles. The second kappa shape index (κ2) is 7.44. The molecule has 0 N–H and O–H groups in total. The minimum absolute atomic E-state index is 0.125. The maximum Gasteiger partial charge on any atom is 0.282 e. The molecule has 1 aliphatic rings. The standard InChI is InChI=1S/C17H20BrFN4O/c1-21-17(24)16(18)15(11-20-21)23-8-2-7-22(9-10-23)12-13-3-5-14(19)6-4-13/h3-6,11H,2,7-10,12H2,1H3. The fourth-order valence-corrected chi connectivity index (χ4v) is 3.55. The number of hydrogen-bond acceptors (Lipinski definition) is 4. The monoisotopic (exact) mass is 394 g/mol. The van der Waals surface area contributed by atoms with E-state index in [0.717, 1.165) is 50.4 Å². The van der Waals surface area contributed by atoms with Gasteiger partial charge >= 0.3 is 0 Å². The smallest absolute Gasteiger partial charge is 0.282 e. The van der Waals surface area contributed by atoms with Gasteiger partial charge in [-0.1, -0.05) is 12.1 Å². The summed E-state index contributed by atoms with van der Waals surface area (Å²) in [6.45, 7) is 4.38. The average molecular weight is 395 g/mol. The number of benzene rings is 1. The number of anilines is 1. The predicted octanol–water partition coefficient (Wildman–Crippen LogP) is 2.39. The van der Waals surface area contributed by atoms with Gasteiger partial charge in [-0.3, -0.25) is 9.69 Å². The third-order valence-electron chi connectivity index (χ3n) is 4.31. The van der Waals surface area contributed by atoms with E-state index in [0.29, 0.717) is 4.47 Å². The first-order chi connectivity index (χ1) is 11.5. The van der Waals surface area contributed by atoms with Crippen LogP contribution < -0.4 is 10.5 Å². The van der Waals surface area contributed by atoms with Crippen molar-refractivity contribution in [1.82, 2.24) is 14.7 Å². The highest BCUT2D eigenvalue weighted by atomic mass is 79.9. The lowest BCUT2D eigenvalue weighted by Gasteiger charge is -2.24. The average Bonchev–Trinajstić information content (AvgIpc) is 2.81. The van der Waals surface area contributed by atoms with E-state index >= 15 is 0 Å². The first kappa shape index (κ1) is 17.1. The highest BCUT2D eigenvalue weighted by Gasteiger charge is 2.19. The third-order valence-corrected chi connectivity index (χ3v) is 5.05. The summed E-state index contributed by atoms with van der Waals surface area (Å²) in [6, 6.07) is 6.67. The normalized spacial score (nSPS) is 16.2. The fourth-order valence-electron chi connectivity index (χ4n) is 2.94. The van der Waals surface area contributed by atoms with Crippen LogP contribution in [0.2, 0.25) is 0 Å². The van der Waals surface area contributed by atoms with Crippen LogP contribution in [-0.4, -0.2) is 40.9 Å². The molecule has 24 heavy (non-hydrogen) atoms. The first-order valence-electron chi connectivity index (χ1n) is 7.98. The quantitative estimate of drug-likeness (QED) is 0.801. The second-order valence-corrected chi connectivity index (χ2v) is 6.81. The van der Waals surface area contributed by atoms with Crippen molar-refractivity contribution in [2.45, 2.75) is 13.0 Å². The van der Waals surface area contributed by atoms with Crippen molar-refractivity contribution in [3.05, 3.63) is 56.7 Å². The van der Waals surface area contributed by atoms with Gasteiger partial charge in [-0.15, -0.1) is 0 Å². The van der Waals surface area contributed by atoms with Crippen molar-refractivity contribution in [2.75, 3.05) is 31.1 Å². The van der Waals surface area contributed by atoms with Gasteiger partial charge in [0.25, 0.3) is 5.56 Å². The van der Waals surface area contributed by atoms with Gasteiger partial charge in [-0.05, 0) is 40.0 Å². The van der Waals surface area contributed by atoms with Crippen LogP contribution >= 0.6 is 15.9 Å². The summed E-state index contributed by atoms with van der Waals surface area (Å²) < 4.78 is 14.9. The summed E-state index contributed by atoms with van der Waals surface area (Å²) in [5.74, 6) is -0.205. The fraction of sp³-hybridized carbons (Fsp3) is 0.412. The minimum Gasteiger partial charge on any atom is -0.368 e. The van der Waals surface area contributed by atoms with E-state index in [4.69, 9.17) is 0 Å². The van der Waals surface area contributed by atoms with Crippen molar-refractivity contribution in [2.24, 2.45) is 7.05 Å². The molecule has 0 unspecified atom stereocenters. The van der Waals surface area contributed by atoms with Crippen LogP contribution in [0.4, 0.5) is 10.1 Å². The minimum atomic E-state index is -0.205. The van der Waals surface area contributed by atoms with Crippen molar-refractivity contribution in [3.8, 4) is 0 Å². The molecule has 0 amide bonds. The summed E-state index contributed by atoms with van der Waals surface area (Å²) in [4.78, 5) is 16.6. The van der Waals surface area contributed by atoms with Gasteiger partial charge < -0.3 is 4.90 Å². The van der Waals surface area contributed by atoms with E-state index in [9.17, 15) is 9.18 Å². The zero-order valence-electron chi connectivity index (χ0n) is 13.6. The molecule has 1 aliphatic heterocycles. The molecule has 0 radical (unpaired) electrons. The van der Waals surface area contributed by atoms with Crippen LogP contribution in [0.1, 0.15) is 12.0 Å². The predicted molar refractivity (Wildman–Crippen MR) is 95.7 cm³/mol. The molecule has 0 aliphatic carbocycles. The molecule has 0 atom stereocenters. The molecule has 0 spiro atoms. The SMILES string of the molecule is Cn1ncc(N2CCCN(Cc3ccc(F)cc3)CC2)c(Br)c1=O. The van der Waals surface area contributed by atoms with E-state index in [2.05, 4.69) is 30.8 Å². The molecule has 0 bridgehead atoms. The summed E-state index contributed by atoms with van der Waals surface area (Å²) in [6.07, 6.45) is 2.74. The van der Waals surface area contributed by atoms with Gasteiger partial charge in [0.05, 0.1) is 11.9 Å². The largest absolute Gasteiger partial charge is 0.368 e. The van der Waals surface area contributed by atoms with E-state index in [1.165, 1.54) is 16.8 Å². The van der Waals surface area contributed by atoms with Crippen LogP contribution in [0.25, 0.3) is 0 Å². The number of rotatable bonds is 3. The van der Waals surface area contributed by atoms with Gasteiger partial charge in [-0.25, -0.2) is 9.07 Å². The number of hydrogen-bond donors (Lipinski definition) is 0. The summed E-state index contributed by atoms with van der Waals surface area (Å²) in [7, 11) is 1.64. The van der Waals surface area contributed by atoms with Crippen molar-refractivity contribution in [1.29, 1.82) is 0 Å². The third kappa shape index (κ3) is 3.84. The molecule has 2 aromatic rings. The van der Waals surface area contributed by atoms with Gasteiger partial charge in [0.1, 0.15) is 10.3 Å². The Bertz CT molecular complexity index is 762. The molecule has 1 saturated heterocycles. The van der Waals surface area contributed by atoms with E-state index in [1.807, 2.05) is 12.1 Å². The molecular weight excluding hydrogens is 375 g/mol. The Morgan fingerprint density at radius 1 is 1.17 bits per heavy atom. The molecule has 128 valence electrons. The van der Waals surface area contributed by atoms with Gasteiger partial charge in [0, 0.05) is 39.8 Å². The highest BCUT2D eigenvalue weighted by molar-refractivity contribution is 9.10. The molecule has 5 nitrogen and oxygen atoms in total. The van der Waals surface area contributed by atoms with Crippen LogP contribution in [0.3, 0.4) is 0 Å². The lowest BCUT2D eigenvalue weighted by atomic mass is 10.2. The Hall–Kier alpha value is -1.73. The molecule has 0 saturated carbocycles. The van der Waals surface area contributed by atoms with Crippen LogP contribution in [0.15, 0.2) is 39.7 Å². The highest BCUT2D eigenvalue weighted by Crippen LogP contribution is 2.23. The number of aryl methyl sites for hydroxylation is 1. The van der Waals surface area contributed by atoms with Gasteiger partial charge in [0.15, 0.2) is 0 Å². The van der Waals surface area contributed by atoms with Gasteiger partial charge in [-0.2, -0.15) is 5.10 Å². The maximum absolute atomic E-state index is 13.0.